The Kier molecular flexibility index (Phi) is 10.8. The van der Waals surface area contributed by atoms with Gasteiger partial charge in [-0.2, -0.15) is 0 Å². The molecule has 44 heavy (non-hydrogen) atoms. The summed E-state index contributed by atoms with van der Waals surface area (Å²) in [5.74, 6) is -2.63. The zero-order chi connectivity index (χ0) is 31.9. The minimum Gasteiger partial charge on any atom is -0.491 e. The minimum atomic E-state index is -1.27. The van der Waals surface area contributed by atoms with Gasteiger partial charge in [-0.3, -0.25) is 28.8 Å². The first-order valence-corrected chi connectivity index (χ1v) is 15.5. The molecular formula is C31H44N6O7. The molecule has 240 valence electrons. The largest absolute Gasteiger partial charge is 0.491 e. The molecule has 13 nitrogen and oxygen atoms in total. The zero-order valence-corrected chi connectivity index (χ0v) is 25.7. The lowest BCUT2D eigenvalue weighted by molar-refractivity contribution is -0.137. The first-order valence-electron chi connectivity index (χ1n) is 15.5. The molecule has 13 heteroatoms. The summed E-state index contributed by atoms with van der Waals surface area (Å²) in [5, 5.41) is 14.0. The number of hydrogen-bond acceptors (Lipinski definition) is 7. The van der Waals surface area contributed by atoms with Crippen LogP contribution < -0.4 is 31.3 Å². The van der Waals surface area contributed by atoms with Crippen LogP contribution in [0.4, 0.5) is 0 Å². The smallest absolute Gasteiger partial charge is 0.255 e. The van der Waals surface area contributed by atoms with Crippen molar-refractivity contribution in [1.82, 2.24) is 31.5 Å². The molecule has 6 amide bonds. The lowest BCUT2D eigenvalue weighted by atomic mass is 9.93. The van der Waals surface area contributed by atoms with E-state index in [2.05, 4.69) is 26.6 Å². The maximum Gasteiger partial charge on any atom is 0.255 e. The number of carbonyl (C=O) groups is 6. The lowest BCUT2D eigenvalue weighted by Gasteiger charge is -2.33. The van der Waals surface area contributed by atoms with Crippen LogP contribution in [-0.4, -0.2) is 90.2 Å². The molecule has 0 aromatic heterocycles. The van der Waals surface area contributed by atoms with Crippen LogP contribution in [0.1, 0.15) is 76.1 Å². The van der Waals surface area contributed by atoms with E-state index in [1.807, 2.05) is 13.8 Å². The second kappa shape index (κ2) is 14.5. The number of ether oxygens (including phenoxy) is 1. The third-order valence-electron chi connectivity index (χ3n) is 8.38. The molecule has 2 fully saturated rings. The second-order valence-electron chi connectivity index (χ2n) is 12.3. The Hall–Kier alpha value is -4.16. The van der Waals surface area contributed by atoms with Crippen LogP contribution in [0.3, 0.4) is 0 Å². The molecule has 2 heterocycles. The number of rotatable bonds is 5. The van der Waals surface area contributed by atoms with Crippen LogP contribution in [0.15, 0.2) is 24.3 Å². The Morgan fingerprint density at radius 2 is 1.77 bits per heavy atom. The molecule has 0 unspecified atom stereocenters. The highest BCUT2D eigenvalue weighted by molar-refractivity contribution is 6.01. The SMILES string of the molecule is CC(C)[C@H]1NC(=O)C2(CCCC2)NC(=O)C[C@@H](C(=O)NCCN2CCCC2=O)NC(=O)c2ccccc2OC[C@H](C)NC1=O. The molecule has 1 saturated carbocycles. The van der Waals surface area contributed by atoms with Gasteiger partial charge in [0.05, 0.1) is 18.0 Å². The normalized spacial score (nSPS) is 25.0. The van der Waals surface area contributed by atoms with Gasteiger partial charge in [-0.25, -0.2) is 0 Å². The molecular weight excluding hydrogens is 568 g/mol. The van der Waals surface area contributed by atoms with Crippen molar-refractivity contribution in [3.05, 3.63) is 29.8 Å². The van der Waals surface area contributed by atoms with Gasteiger partial charge >= 0.3 is 0 Å². The van der Waals surface area contributed by atoms with Crippen molar-refractivity contribution in [2.75, 3.05) is 26.2 Å². The van der Waals surface area contributed by atoms with E-state index in [1.165, 1.54) is 0 Å². The zero-order valence-electron chi connectivity index (χ0n) is 25.7. The molecule has 1 aromatic rings. The summed E-state index contributed by atoms with van der Waals surface area (Å²) in [6, 6.07) is 3.90. The van der Waals surface area contributed by atoms with Gasteiger partial charge < -0.3 is 36.2 Å². The Morgan fingerprint density at radius 1 is 1.05 bits per heavy atom. The highest BCUT2D eigenvalue weighted by atomic mass is 16.5. The van der Waals surface area contributed by atoms with E-state index in [1.54, 1.807) is 36.1 Å². The fourth-order valence-electron chi connectivity index (χ4n) is 5.90. The second-order valence-corrected chi connectivity index (χ2v) is 12.3. The van der Waals surface area contributed by atoms with E-state index >= 15 is 0 Å². The topological polar surface area (TPSA) is 175 Å². The summed E-state index contributed by atoms with van der Waals surface area (Å²) in [6.07, 6.45) is 2.97. The maximum absolute atomic E-state index is 13.7. The quantitative estimate of drug-likeness (QED) is 0.319. The number of carbonyl (C=O) groups excluding carboxylic acids is 6. The lowest BCUT2D eigenvalue weighted by Crippen LogP contribution is -2.62. The van der Waals surface area contributed by atoms with E-state index in [9.17, 15) is 28.8 Å². The van der Waals surface area contributed by atoms with Gasteiger partial charge in [0.25, 0.3) is 5.91 Å². The Labute approximate surface area is 257 Å². The average Bonchev–Trinajstić information content (AvgIpc) is 3.63. The van der Waals surface area contributed by atoms with Gasteiger partial charge in [0.2, 0.25) is 29.5 Å². The Balaban J connectivity index is 1.60. The number of amides is 6. The molecule has 1 aromatic carbocycles. The Morgan fingerprint density at radius 3 is 2.45 bits per heavy atom. The van der Waals surface area contributed by atoms with E-state index < -0.39 is 53.7 Å². The molecule has 3 aliphatic rings. The summed E-state index contributed by atoms with van der Waals surface area (Å²) in [5.41, 5.74) is -1.10. The number of nitrogens with one attached hydrogen (secondary N) is 5. The van der Waals surface area contributed by atoms with E-state index in [-0.39, 0.29) is 42.2 Å². The summed E-state index contributed by atoms with van der Waals surface area (Å²) >= 11 is 0. The number of likely N-dealkylation sites (tertiary alicyclic amines) is 1. The third kappa shape index (κ3) is 8.06. The molecule has 2 aliphatic heterocycles. The molecule has 0 bridgehead atoms. The van der Waals surface area contributed by atoms with Crippen molar-refractivity contribution in [2.45, 2.75) is 89.4 Å². The standard InChI is InChI=1S/C31H44N6O7/c1-19(2)26-29(42)33-20(3)18-44-23-10-5-4-9-21(23)27(40)34-22(28(41)32-14-16-37-15-8-11-25(37)39)17-24(38)36-31(30(43)35-26)12-6-7-13-31/h4-5,9-10,19-20,22,26H,6-8,11-18H2,1-3H3,(H,32,41)(H,33,42)(H,34,40)(H,35,43)(H,36,38)/t20-,22-,26+/m0/s1. The monoisotopic (exact) mass is 612 g/mol. The highest BCUT2D eigenvalue weighted by Gasteiger charge is 2.44. The van der Waals surface area contributed by atoms with Crippen LogP contribution in [0.25, 0.3) is 0 Å². The Bertz CT molecular complexity index is 1260. The van der Waals surface area contributed by atoms with Crippen molar-refractivity contribution in [3.63, 3.8) is 0 Å². The number of fused-ring (bicyclic) bond motifs is 1. The van der Waals surface area contributed by atoms with Gasteiger partial charge in [0.15, 0.2) is 0 Å². The molecule has 5 N–H and O–H groups in total. The number of nitrogens with zero attached hydrogens (tertiary/aromatic N) is 1. The summed E-state index contributed by atoms with van der Waals surface area (Å²) in [7, 11) is 0. The first kappa shape index (κ1) is 32.7. The number of para-hydroxylation sites is 1. The summed E-state index contributed by atoms with van der Waals surface area (Å²) in [6.45, 7) is 6.53. The summed E-state index contributed by atoms with van der Waals surface area (Å²) < 4.78 is 5.91. The van der Waals surface area contributed by atoms with Crippen molar-refractivity contribution in [3.8, 4) is 5.75 Å². The van der Waals surface area contributed by atoms with Crippen LogP contribution in [-0.2, 0) is 24.0 Å². The fraction of sp³-hybridized carbons (Fsp3) is 0.613. The minimum absolute atomic E-state index is 0.0232. The molecule has 4 rings (SSSR count). The van der Waals surface area contributed by atoms with Crippen LogP contribution in [0.5, 0.6) is 5.75 Å². The van der Waals surface area contributed by atoms with Crippen molar-refractivity contribution in [1.29, 1.82) is 0 Å². The predicted molar refractivity (Wildman–Crippen MR) is 160 cm³/mol. The van der Waals surface area contributed by atoms with Gasteiger partial charge in [-0.15, -0.1) is 0 Å². The van der Waals surface area contributed by atoms with Crippen LogP contribution in [0.2, 0.25) is 0 Å². The van der Waals surface area contributed by atoms with Crippen LogP contribution in [0, 0.1) is 5.92 Å². The average molecular weight is 613 g/mol. The number of benzene rings is 1. The van der Waals surface area contributed by atoms with Crippen molar-refractivity contribution in [2.24, 2.45) is 5.92 Å². The first-order chi connectivity index (χ1) is 21.0. The molecule has 1 spiro atoms. The van der Waals surface area contributed by atoms with Crippen LogP contribution >= 0.6 is 0 Å². The third-order valence-corrected chi connectivity index (χ3v) is 8.38. The molecule has 0 radical (unpaired) electrons. The van der Waals surface area contributed by atoms with Crippen molar-refractivity contribution < 1.29 is 33.5 Å². The maximum atomic E-state index is 13.7. The van der Waals surface area contributed by atoms with Gasteiger partial charge in [0, 0.05) is 26.1 Å². The number of hydrogen-bond donors (Lipinski definition) is 5. The van der Waals surface area contributed by atoms with E-state index in [0.717, 1.165) is 6.42 Å². The van der Waals surface area contributed by atoms with Crippen molar-refractivity contribution >= 4 is 35.4 Å². The molecule has 1 saturated heterocycles. The summed E-state index contributed by atoms with van der Waals surface area (Å²) in [4.78, 5) is 80.8. The van der Waals surface area contributed by atoms with Gasteiger partial charge in [-0.05, 0) is 44.2 Å². The molecule has 1 aliphatic carbocycles. The van der Waals surface area contributed by atoms with E-state index in [0.29, 0.717) is 45.2 Å². The highest BCUT2D eigenvalue weighted by Crippen LogP contribution is 2.31. The van der Waals surface area contributed by atoms with Gasteiger partial charge in [0.1, 0.15) is 30.0 Å². The van der Waals surface area contributed by atoms with E-state index in [4.69, 9.17) is 4.74 Å². The predicted octanol–water partition coefficient (Wildman–Crippen LogP) is 0.381. The fourth-order valence-corrected chi connectivity index (χ4v) is 5.90. The molecule has 3 atom stereocenters. The van der Waals surface area contributed by atoms with Gasteiger partial charge in [-0.1, -0.05) is 38.8 Å².